The number of ether oxygens (including phenoxy) is 1. The molecule has 1 aromatic heterocycles. The number of carbonyl (C=O) groups is 1. The summed E-state index contributed by atoms with van der Waals surface area (Å²) in [6.45, 7) is 1.95. The lowest BCUT2D eigenvalue weighted by molar-refractivity contribution is -0.385. The van der Waals surface area contributed by atoms with Crippen LogP contribution in [0.5, 0.6) is 0 Å². The number of furan rings is 1. The maximum atomic E-state index is 11.6. The topological polar surface area (TPSA) is 82.6 Å². The molecule has 0 bridgehead atoms. The Morgan fingerprint density at radius 1 is 1.56 bits per heavy atom. The second-order valence-electron chi connectivity index (χ2n) is 3.43. The molecule has 0 unspecified atom stereocenters. The van der Waals surface area contributed by atoms with E-state index in [1.165, 1.54) is 18.4 Å². The van der Waals surface area contributed by atoms with Gasteiger partial charge in [0.15, 0.2) is 0 Å². The van der Waals surface area contributed by atoms with E-state index in [4.69, 9.17) is 9.15 Å². The monoisotopic (exact) mass is 313 g/mol. The highest BCUT2D eigenvalue weighted by Crippen LogP contribution is 2.32. The molecule has 0 spiro atoms. The van der Waals surface area contributed by atoms with Gasteiger partial charge in [-0.3, -0.25) is 10.1 Å². The molecule has 1 heterocycles. The Bertz CT molecular complexity index is 634. The minimum absolute atomic E-state index is 0.118. The van der Waals surface area contributed by atoms with Crippen molar-refractivity contribution in [3.8, 4) is 0 Å². The first kappa shape index (κ1) is 12.6. The molecule has 0 aliphatic heterocycles. The van der Waals surface area contributed by atoms with Crippen molar-refractivity contribution in [2.45, 2.75) is 6.92 Å². The summed E-state index contributed by atoms with van der Waals surface area (Å²) in [7, 11) is 0. The standard InChI is InChI=1S/C11H8BrNO5/c1-2-17-11(14)7-5-18-10-4-9(13(15)16)8(12)3-6(7)10/h3-5H,2H2,1H3. The van der Waals surface area contributed by atoms with Crippen molar-refractivity contribution >= 4 is 38.6 Å². The number of rotatable bonds is 3. The van der Waals surface area contributed by atoms with Gasteiger partial charge in [-0.1, -0.05) is 0 Å². The van der Waals surface area contributed by atoms with Crippen LogP contribution in [-0.2, 0) is 4.74 Å². The SMILES string of the molecule is CCOC(=O)c1coc2cc([N+](=O)[O-])c(Br)cc12. The first-order chi connectivity index (χ1) is 8.54. The Balaban J connectivity index is 2.58. The smallest absolute Gasteiger partial charge is 0.342 e. The van der Waals surface area contributed by atoms with Crippen molar-refractivity contribution in [3.05, 3.63) is 38.5 Å². The number of halogens is 1. The van der Waals surface area contributed by atoms with Gasteiger partial charge in [0.25, 0.3) is 5.69 Å². The van der Waals surface area contributed by atoms with Gasteiger partial charge in [0, 0.05) is 5.39 Å². The van der Waals surface area contributed by atoms with Gasteiger partial charge < -0.3 is 9.15 Å². The highest BCUT2D eigenvalue weighted by molar-refractivity contribution is 9.10. The third-order valence-corrected chi connectivity index (χ3v) is 2.97. The number of nitro benzene ring substituents is 1. The van der Waals surface area contributed by atoms with Gasteiger partial charge in [-0.05, 0) is 28.9 Å². The fourth-order valence-corrected chi connectivity index (χ4v) is 2.03. The predicted octanol–water partition coefficient (Wildman–Crippen LogP) is 3.28. The molecule has 7 heteroatoms. The van der Waals surface area contributed by atoms with E-state index in [9.17, 15) is 14.9 Å². The fraction of sp³-hybridized carbons (Fsp3) is 0.182. The molecule has 0 aliphatic rings. The highest BCUT2D eigenvalue weighted by atomic mass is 79.9. The zero-order valence-electron chi connectivity index (χ0n) is 9.31. The molecule has 0 N–H and O–H groups in total. The lowest BCUT2D eigenvalue weighted by Crippen LogP contribution is -2.03. The predicted molar refractivity (Wildman–Crippen MR) is 66.5 cm³/mol. The van der Waals surface area contributed by atoms with Crippen LogP contribution in [0.15, 0.2) is 27.3 Å². The first-order valence-corrected chi connectivity index (χ1v) is 5.86. The third-order valence-electron chi connectivity index (χ3n) is 2.33. The van der Waals surface area contributed by atoms with Crippen molar-refractivity contribution in [1.82, 2.24) is 0 Å². The number of fused-ring (bicyclic) bond motifs is 1. The second kappa shape index (κ2) is 4.77. The second-order valence-corrected chi connectivity index (χ2v) is 4.28. The van der Waals surface area contributed by atoms with Crippen LogP contribution in [0.3, 0.4) is 0 Å². The lowest BCUT2D eigenvalue weighted by Gasteiger charge is -1.99. The molecular formula is C11H8BrNO5. The summed E-state index contributed by atoms with van der Waals surface area (Å²) in [6.07, 6.45) is 1.23. The van der Waals surface area contributed by atoms with Crippen LogP contribution < -0.4 is 0 Å². The Morgan fingerprint density at radius 2 is 2.28 bits per heavy atom. The number of hydrogen-bond donors (Lipinski definition) is 0. The molecule has 0 amide bonds. The number of nitrogens with zero attached hydrogens (tertiary/aromatic N) is 1. The Labute approximate surface area is 110 Å². The molecule has 0 radical (unpaired) electrons. The maximum Gasteiger partial charge on any atom is 0.342 e. The number of benzene rings is 1. The molecule has 0 fully saturated rings. The van der Waals surface area contributed by atoms with Crippen molar-refractivity contribution in [2.24, 2.45) is 0 Å². The average Bonchev–Trinajstić information content (AvgIpc) is 2.70. The maximum absolute atomic E-state index is 11.6. The van der Waals surface area contributed by atoms with Crippen LogP contribution in [-0.4, -0.2) is 17.5 Å². The molecule has 2 aromatic rings. The molecule has 18 heavy (non-hydrogen) atoms. The van der Waals surface area contributed by atoms with Gasteiger partial charge in [-0.2, -0.15) is 0 Å². The lowest BCUT2D eigenvalue weighted by atomic mass is 10.1. The largest absolute Gasteiger partial charge is 0.463 e. The summed E-state index contributed by atoms with van der Waals surface area (Å²) < 4.78 is 10.3. The van der Waals surface area contributed by atoms with E-state index in [0.29, 0.717) is 5.39 Å². The summed E-state index contributed by atoms with van der Waals surface area (Å²) in [5.41, 5.74) is 0.405. The summed E-state index contributed by atoms with van der Waals surface area (Å²) in [4.78, 5) is 21.8. The van der Waals surface area contributed by atoms with Crippen LogP contribution in [0.2, 0.25) is 0 Å². The molecule has 6 nitrogen and oxygen atoms in total. The molecule has 94 valence electrons. The van der Waals surface area contributed by atoms with Crippen molar-refractivity contribution in [1.29, 1.82) is 0 Å². The van der Waals surface area contributed by atoms with E-state index >= 15 is 0 Å². The van der Waals surface area contributed by atoms with Crippen molar-refractivity contribution < 1.29 is 18.9 Å². The van der Waals surface area contributed by atoms with Gasteiger partial charge in [-0.15, -0.1) is 0 Å². The van der Waals surface area contributed by atoms with Crippen LogP contribution >= 0.6 is 15.9 Å². The molecule has 1 aromatic carbocycles. The third kappa shape index (κ3) is 2.08. The molecule has 0 saturated heterocycles. The minimum atomic E-state index is -0.532. The molecule has 0 atom stereocenters. The highest BCUT2D eigenvalue weighted by Gasteiger charge is 2.20. The van der Waals surface area contributed by atoms with Crippen molar-refractivity contribution in [2.75, 3.05) is 6.61 Å². The quantitative estimate of drug-likeness (QED) is 0.493. The number of nitro groups is 1. The molecule has 2 rings (SSSR count). The van der Waals surface area contributed by atoms with Crippen LogP contribution in [0.25, 0.3) is 11.0 Å². The molecule has 0 aliphatic carbocycles. The summed E-state index contributed by atoms with van der Waals surface area (Å²) in [5.74, 6) is -0.517. The van der Waals surface area contributed by atoms with Gasteiger partial charge in [0.2, 0.25) is 0 Å². The van der Waals surface area contributed by atoms with Gasteiger partial charge >= 0.3 is 5.97 Å². The van der Waals surface area contributed by atoms with Gasteiger partial charge in [-0.25, -0.2) is 4.79 Å². The van der Waals surface area contributed by atoms with Gasteiger partial charge in [0.05, 0.1) is 22.1 Å². The number of carbonyl (C=O) groups excluding carboxylic acids is 1. The molecule has 0 saturated carbocycles. The summed E-state index contributed by atoms with van der Waals surface area (Å²) in [5, 5.41) is 11.2. The zero-order chi connectivity index (χ0) is 13.3. The fourth-order valence-electron chi connectivity index (χ4n) is 1.54. The van der Waals surface area contributed by atoms with E-state index in [-0.39, 0.29) is 27.9 Å². The first-order valence-electron chi connectivity index (χ1n) is 5.06. The van der Waals surface area contributed by atoms with E-state index < -0.39 is 10.9 Å². The minimum Gasteiger partial charge on any atom is -0.463 e. The van der Waals surface area contributed by atoms with E-state index in [2.05, 4.69) is 15.9 Å². The zero-order valence-corrected chi connectivity index (χ0v) is 10.9. The normalized spacial score (nSPS) is 10.6. The van der Waals surface area contributed by atoms with Crippen LogP contribution in [0.1, 0.15) is 17.3 Å². The molecular weight excluding hydrogens is 306 g/mol. The summed E-state index contributed by atoms with van der Waals surface area (Å²) >= 11 is 3.09. The van der Waals surface area contributed by atoms with E-state index in [0.717, 1.165) is 0 Å². The number of esters is 1. The average molecular weight is 314 g/mol. The van der Waals surface area contributed by atoms with E-state index in [1.807, 2.05) is 0 Å². The van der Waals surface area contributed by atoms with Crippen LogP contribution in [0.4, 0.5) is 5.69 Å². The van der Waals surface area contributed by atoms with E-state index in [1.54, 1.807) is 6.92 Å². The Morgan fingerprint density at radius 3 is 2.89 bits per heavy atom. The van der Waals surface area contributed by atoms with Crippen molar-refractivity contribution in [3.63, 3.8) is 0 Å². The Kier molecular flexibility index (Phi) is 3.33. The Hall–Kier alpha value is -1.89. The van der Waals surface area contributed by atoms with Gasteiger partial charge in [0.1, 0.15) is 17.4 Å². The summed E-state index contributed by atoms with van der Waals surface area (Å²) in [6, 6.07) is 2.74. The number of hydrogen-bond acceptors (Lipinski definition) is 5. The van der Waals surface area contributed by atoms with Crippen LogP contribution in [0, 0.1) is 10.1 Å².